The van der Waals surface area contributed by atoms with Gasteiger partial charge < -0.3 is 4.42 Å². The Morgan fingerprint density at radius 3 is 2.46 bits per heavy atom. The number of nitrogens with zero attached hydrogens (tertiary/aromatic N) is 1. The largest absolute Gasteiger partial charge is 0.457 e. The lowest BCUT2D eigenvalue weighted by atomic mass is 10.1. The predicted molar refractivity (Wildman–Crippen MR) is 115 cm³/mol. The Labute approximate surface area is 171 Å². The first-order valence-corrected chi connectivity index (χ1v) is 9.81. The van der Waals surface area contributed by atoms with Crippen molar-refractivity contribution in [2.24, 2.45) is 0 Å². The zero-order valence-electron chi connectivity index (χ0n) is 14.7. The highest BCUT2D eigenvalue weighted by atomic mass is 32.2. The van der Waals surface area contributed by atoms with Crippen molar-refractivity contribution >= 4 is 46.6 Å². The number of benzene rings is 2. The maximum absolute atomic E-state index is 12.7. The van der Waals surface area contributed by atoms with Crippen LogP contribution in [0.25, 0.3) is 17.4 Å². The van der Waals surface area contributed by atoms with Gasteiger partial charge in [-0.05, 0) is 17.7 Å². The molecule has 28 heavy (non-hydrogen) atoms. The molecule has 0 N–H and O–H groups in total. The van der Waals surface area contributed by atoms with Crippen LogP contribution in [0.5, 0.6) is 0 Å². The van der Waals surface area contributed by atoms with E-state index in [1.807, 2.05) is 54.6 Å². The van der Waals surface area contributed by atoms with Crippen molar-refractivity contribution in [3.63, 3.8) is 0 Å². The summed E-state index contributed by atoms with van der Waals surface area (Å²) >= 11 is 6.66. The van der Waals surface area contributed by atoms with E-state index in [1.165, 1.54) is 11.8 Å². The molecule has 0 spiro atoms. The second-order valence-corrected chi connectivity index (χ2v) is 7.87. The van der Waals surface area contributed by atoms with E-state index in [2.05, 4.69) is 0 Å². The summed E-state index contributed by atoms with van der Waals surface area (Å²) in [5.41, 5.74) is 2.50. The highest BCUT2D eigenvalue weighted by Crippen LogP contribution is 2.34. The van der Waals surface area contributed by atoms with Crippen molar-refractivity contribution in [2.45, 2.75) is 6.54 Å². The minimum atomic E-state index is -0.118. The molecule has 2 heterocycles. The molecule has 0 bridgehead atoms. The Bertz CT molecular complexity index is 1070. The Hall–Kier alpha value is -2.96. The van der Waals surface area contributed by atoms with Crippen molar-refractivity contribution in [3.05, 3.63) is 88.5 Å². The van der Waals surface area contributed by atoms with Crippen molar-refractivity contribution in [3.8, 4) is 11.3 Å². The summed E-state index contributed by atoms with van der Waals surface area (Å²) in [6.45, 7) is 0.454. The van der Waals surface area contributed by atoms with Gasteiger partial charge in [-0.25, -0.2) is 0 Å². The first-order chi connectivity index (χ1) is 13.6. The van der Waals surface area contributed by atoms with Gasteiger partial charge in [-0.2, -0.15) is 0 Å². The standard InChI is InChI=1S/C22H15NO3S2/c24-14-16-6-8-17(9-7-16)19-11-10-18(26-19)12-20-21(25)23(22(27)28-20)13-15-4-2-1-3-5-15/h1-12,14H,13H2/b20-12-. The van der Waals surface area contributed by atoms with Crippen LogP contribution in [0, 0.1) is 0 Å². The van der Waals surface area contributed by atoms with E-state index in [0.717, 1.165) is 17.4 Å². The molecule has 0 radical (unpaired) electrons. The van der Waals surface area contributed by atoms with E-state index < -0.39 is 0 Å². The molecule has 2 aromatic carbocycles. The third-order valence-electron chi connectivity index (χ3n) is 4.29. The Balaban J connectivity index is 1.53. The molecule has 3 aromatic rings. The van der Waals surface area contributed by atoms with Crippen molar-refractivity contribution in [2.75, 3.05) is 0 Å². The van der Waals surface area contributed by atoms with Gasteiger partial charge in [-0.15, -0.1) is 0 Å². The zero-order chi connectivity index (χ0) is 19.5. The molecule has 6 heteroatoms. The zero-order valence-corrected chi connectivity index (χ0v) is 16.3. The number of hydrogen-bond acceptors (Lipinski definition) is 5. The number of thioether (sulfide) groups is 1. The number of aldehydes is 1. The van der Waals surface area contributed by atoms with E-state index in [4.69, 9.17) is 16.6 Å². The second kappa shape index (κ2) is 7.96. The Morgan fingerprint density at radius 1 is 1.00 bits per heavy atom. The Morgan fingerprint density at radius 2 is 1.75 bits per heavy atom. The lowest BCUT2D eigenvalue weighted by Crippen LogP contribution is -2.27. The van der Waals surface area contributed by atoms with Gasteiger partial charge in [-0.1, -0.05) is 78.6 Å². The average molecular weight is 406 g/mol. The molecule has 1 saturated heterocycles. The summed E-state index contributed by atoms with van der Waals surface area (Å²) < 4.78 is 6.39. The van der Waals surface area contributed by atoms with Crippen LogP contribution in [0.4, 0.5) is 0 Å². The molecule has 4 nitrogen and oxygen atoms in total. The third-order valence-corrected chi connectivity index (χ3v) is 5.67. The highest BCUT2D eigenvalue weighted by Gasteiger charge is 2.32. The summed E-state index contributed by atoms with van der Waals surface area (Å²) in [7, 11) is 0. The summed E-state index contributed by atoms with van der Waals surface area (Å²) in [4.78, 5) is 25.7. The molecule has 1 amide bonds. The van der Waals surface area contributed by atoms with E-state index in [-0.39, 0.29) is 5.91 Å². The maximum atomic E-state index is 12.7. The minimum absolute atomic E-state index is 0.118. The van der Waals surface area contributed by atoms with Gasteiger partial charge in [0.25, 0.3) is 5.91 Å². The molecular formula is C22H15NO3S2. The first-order valence-electron chi connectivity index (χ1n) is 8.59. The highest BCUT2D eigenvalue weighted by molar-refractivity contribution is 8.26. The lowest BCUT2D eigenvalue weighted by molar-refractivity contribution is -0.122. The minimum Gasteiger partial charge on any atom is -0.457 e. The van der Waals surface area contributed by atoms with Crippen LogP contribution < -0.4 is 0 Å². The molecule has 1 aromatic heterocycles. The number of carbonyl (C=O) groups is 2. The van der Waals surface area contributed by atoms with Crippen LogP contribution in [-0.4, -0.2) is 21.4 Å². The van der Waals surface area contributed by atoms with Crippen molar-refractivity contribution < 1.29 is 14.0 Å². The van der Waals surface area contributed by atoms with Gasteiger partial charge in [0.15, 0.2) is 0 Å². The van der Waals surface area contributed by atoms with Gasteiger partial charge >= 0.3 is 0 Å². The molecule has 0 atom stereocenters. The SMILES string of the molecule is O=Cc1ccc(-c2ccc(/C=C3\SC(=S)N(Cc4ccccc4)C3=O)o2)cc1. The van der Waals surface area contributed by atoms with Gasteiger partial charge in [-0.3, -0.25) is 14.5 Å². The van der Waals surface area contributed by atoms with Crippen LogP contribution in [-0.2, 0) is 11.3 Å². The predicted octanol–water partition coefficient (Wildman–Crippen LogP) is 5.16. The Kier molecular flexibility index (Phi) is 5.23. The lowest BCUT2D eigenvalue weighted by Gasteiger charge is -2.14. The molecule has 1 aliphatic rings. The molecule has 0 aliphatic carbocycles. The number of amides is 1. The van der Waals surface area contributed by atoms with Crippen LogP contribution in [0.3, 0.4) is 0 Å². The summed E-state index contributed by atoms with van der Waals surface area (Å²) in [5.74, 6) is 1.13. The normalized spacial score (nSPS) is 15.4. The molecule has 1 fully saturated rings. The fourth-order valence-electron chi connectivity index (χ4n) is 2.84. The summed E-state index contributed by atoms with van der Waals surface area (Å²) in [6.07, 6.45) is 2.52. The molecule has 4 rings (SSSR count). The van der Waals surface area contributed by atoms with Crippen molar-refractivity contribution in [1.29, 1.82) is 0 Å². The smallest absolute Gasteiger partial charge is 0.266 e. The van der Waals surface area contributed by atoms with Gasteiger partial charge in [0, 0.05) is 17.2 Å². The summed E-state index contributed by atoms with van der Waals surface area (Å²) in [6, 6.07) is 20.5. The molecule has 0 unspecified atom stereocenters. The van der Waals surface area contributed by atoms with Crippen LogP contribution in [0.2, 0.25) is 0 Å². The van der Waals surface area contributed by atoms with Gasteiger partial charge in [0.2, 0.25) is 0 Å². The number of thiocarbonyl (C=S) groups is 1. The second-order valence-electron chi connectivity index (χ2n) is 6.20. The number of carbonyl (C=O) groups excluding carboxylic acids is 2. The summed E-state index contributed by atoms with van der Waals surface area (Å²) in [5, 5.41) is 0. The third kappa shape index (κ3) is 3.83. The van der Waals surface area contributed by atoms with E-state index in [0.29, 0.717) is 32.9 Å². The van der Waals surface area contributed by atoms with Crippen LogP contribution >= 0.6 is 24.0 Å². The van der Waals surface area contributed by atoms with Crippen molar-refractivity contribution in [1.82, 2.24) is 4.90 Å². The number of rotatable bonds is 5. The molecule has 0 saturated carbocycles. The number of hydrogen-bond donors (Lipinski definition) is 0. The van der Waals surface area contributed by atoms with E-state index in [9.17, 15) is 9.59 Å². The average Bonchev–Trinajstić information content (AvgIpc) is 3.29. The molecule has 138 valence electrons. The quantitative estimate of drug-likeness (QED) is 0.333. The van der Waals surface area contributed by atoms with E-state index in [1.54, 1.807) is 23.1 Å². The number of furan rings is 1. The first kappa shape index (κ1) is 18.4. The topological polar surface area (TPSA) is 50.5 Å². The van der Waals surface area contributed by atoms with Crippen LogP contribution in [0.15, 0.2) is 76.1 Å². The maximum Gasteiger partial charge on any atom is 0.266 e. The fraction of sp³-hybridized carbons (Fsp3) is 0.0455. The fourth-order valence-corrected chi connectivity index (χ4v) is 4.08. The monoisotopic (exact) mass is 405 g/mol. The van der Waals surface area contributed by atoms with Gasteiger partial charge in [0.05, 0.1) is 11.4 Å². The van der Waals surface area contributed by atoms with E-state index >= 15 is 0 Å². The van der Waals surface area contributed by atoms with Crippen LogP contribution in [0.1, 0.15) is 21.7 Å². The van der Waals surface area contributed by atoms with Gasteiger partial charge in [0.1, 0.15) is 22.1 Å². The molecular weight excluding hydrogens is 390 g/mol. The molecule has 1 aliphatic heterocycles.